The van der Waals surface area contributed by atoms with Gasteiger partial charge in [0.15, 0.2) is 0 Å². The average Bonchev–Trinajstić information content (AvgIpc) is 2.17. The Kier molecular flexibility index (Phi) is 4.07. The first-order valence-electron chi connectivity index (χ1n) is 3.94. The Morgan fingerprint density at radius 2 is 2.27 bits per heavy atom. The second kappa shape index (κ2) is 5.32. The number of ether oxygens (including phenoxy) is 1. The maximum atomic E-state index is 11.9. The van der Waals surface area contributed by atoms with Crippen molar-refractivity contribution in [2.45, 2.75) is 6.61 Å². The molecule has 5 heteroatoms. The van der Waals surface area contributed by atoms with Crippen LogP contribution in [0.3, 0.4) is 0 Å². The largest absolute Gasteiger partial charge is 0.435 e. The van der Waals surface area contributed by atoms with Crippen LogP contribution in [-0.2, 0) is 0 Å². The molecule has 0 heterocycles. The van der Waals surface area contributed by atoms with Gasteiger partial charge in [-0.3, -0.25) is 0 Å². The van der Waals surface area contributed by atoms with Crippen molar-refractivity contribution in [3.05, 3.63) is 35.9 Å². The van der Waals surface area contributed by atoms with Crippen LogP contribution in [0.2, 0.25) is 0 Å². The Balaban J connectivity index is 2.93. The molecule has 0 radical (unpaired) electrons. The van der Waals surface area contributed by atoms with Gasteiger partial charge in [-0.25, -0.2) is 0 Å². The molecule has 0 spiro atoms. The van der Waals surface area contributed by atoms with Gasteiger partial charge in [0, 0.05) is 6.08 Å². The van der Waals surface area contributed by atoms with Crippen molar-refractivity contribution in [2.24, 2.45) is 0 Å². The maximum absolute atomic E-state index is 11.9. The molecule has 0 unspecified atom stereocenters. The lowest BCUT2D eigenvalue weighted by molar-refractivity contribution is -0.0498. The van der Waals surface area contributed by atoms with E-state index in [1.807, 2.05) is 0 Å². The fraction of sp³-hybridized carbons (Fsp3) is 0.100. The van der Waals surface area contributed by atoms with Crippen molar-refractivity contribution in [1.82, 2.24) is 0 Å². The first-order chi connectivity index (χ1) is 7.13. The smallest absolute Gasteiger partial charge is 0.387 e. The fourth-order valence-corrected chi connectivity index (χ4v) is 1.13. The predicted octanol–water partition coefficient (Wildman–Crippen LogP) is 3.39. The zero-order valence-electron chi connectivity index (χ0n) is 7.45. The molecule has 0 aliphatic heterocycles. The highest BCUT2D eigenvalue weighted by molar-refractivity contribution is 6.49. The molecule has 0 aliphatic carbocycles. The van der Waals surface area contributed by atoms with E-state index >= 15 is 0 Å². The van der Waals surface area contributed by atoms with Gasteiger partial charge in [0.25, 0.3) is 0 Å². The minimum atomic E-state index is -2.88. The first-order valence-corrected chi connectivity index (χ1v) is 4.32. The van der Waals surface area contributed by atoms with E-state index in [9.17, 15) is 8.78 Å². The summed E-state index contributed by atoms with van der Waals surface area (Å²) in [4.78, 5) is 0. The predicted molar refractivity (Wildman–Crippen MR) is 52.5 cm³/mol. The van der Waals surface area contributed by atoms with E-state index in [2.05, 4.69) is 4.74 Å². The Morgan fingerprint density at radius 1 is 1.53 bits per heavy atom. The number of allylic oxidation sites excluding steroid dienone is 1. The number of nitriles is 1. The minimum Gasteiger partial charge on any atom is -0.435 e. The van der Waals surface area contributed by atoms with Gasteiger partial charge in [0.05, 0.1) is 11.1 Å². The monoisotopic (exact) mass is 229 g/mol. The molecule has 0 fully saturated rings. The average molecular weight is 230 g/mol. The molecule has 1 aromatic carbocycles. The van der Waals surface area contributed by atoms with Gasteiger partial charge in [-0.1, -0.05) is 23.7 Å². The number of halogens is 3. The van der Waals surface area contributed by atoms with Crippen molar-refractivity contribution < 1.29 is 13.5 Å². The van der Waals surface area contributed by atoms with Gasteiger partial charge in [-0.05, 0) is 17.7 Å². The van der Waals surface area contributed by atoms with Gasteiger partial charge >= 0.3 is 6.61 Å². The Morgan fingerprint density at radius 3 is 2.87 bits per heavy atom. The van der Waals surface area contributed by atoms with E-state index in [1.165, 1.54) is 18.2 Å². The molecule has 0 atom stereocenters. The molecule has 78 valence electrons. The lowest BCUT2D eigenvalue weighted by atomic mass is 10.2. The van der Waals surface area contributed by atoms with Crippen LogP contribution in [-0.4, -0.2) is 6.61 Å². The highest BCUT2D eigenvalue weighted by atomic mass is 35.5. The molecule has 2 nitrogen and oxygen atoms in total. The molecule has 0 amide bonds. The standard InChI is InChI=1S/C10H6ClF2NO/c11-9(4-5-14)7-2-1-3-8(6-7)15-10(12)13/h1-4,6,10H. The number of rotatable bonds is 3. The molecule has 0 saturated heterocycles. The lowest BCUT2D eigenvalue weighted by Crippen LogP contribution is -2.01. The topological polar surface area (TPSA) is 33.0 Å². The van der Waals surface area contributed by atoms with E-state index in [4.69, 9.17) is 16.9 Å². The van der Waals surface area contributed by atoms with Crippen LogP contribution in [0.4, 0.5) is 8.78 Å². The van der Waals surface area contributed by atoms with Crippen LogP contribution in [0.5, 0.6) is 5.75 Å². The van der Waals surface area contributed by atoms with Crippen LogP contribution >= 0.6 is 11.6 Å². The van der Waals surface area contributed by atoms with E-state index in [0.29, 0.717) is 5.56 Å². The SMILES string of the molecule is N#CC=C(Cl)c1cccc(OC(F)F)c1. The summed E-state index contributed by atoms with van der Waals surface area (Å²) in [6.07, 6.45) is 1.11. The zero-order valence-corrected chi connectivity index (χ0v) is 8.21. The third-order valence-corrected chi connectivity index (χ3v) is 1.85. The quantitative estimate of drug-likeness (QED) is 0.745. The number of hydrogen-bond donors (Lipinski definition) is 0. The summed E-state index contributed by atoms with van der Waals surface area (Å²) < 4.78 is 27.9. The van der Waals surface area contributed by atoms with Gasteiger partial charge in [-0.2, -0.15) is 14.0 Å². The van der Waals surface area contributed by atoms with Crippen LogP contribution in [0.1, 0.15) is 5.56 Å². The Bertz CT molecular complexity index is 412. The first kappa shape index (κ1) is 11.5. The van der Waals surface area contributed by atoms with Gasteiger partial charge in [0.1, 0.15) is 5.75 Å². The zero-order chi connectivity index (χ0) is 11.3. The summed E-state index contributed by atoms with van der Waals surface area (Å²) >= 11 is 5.71. The van der Waals surface area contributed by atoms with E-state index in [1.54, 1.807) is 12.1 Å². The molecule has 0 aliphatic rings. The van der Waals surface area contributed by atoms with Gasteiger partial charge in [0.2, 0.25) is 0 Å². The number of benzene rings is 1. The number of hydrogen-bond acceptors (Lipinski definition) is 2. The summed E-state index contributed by atoms with van der Waals surface area (Å²) in [5.41, 5.74) is 0.455. The summed E-state index contributed by atoms with van der Waals surface area (Å²) in [5.74, 6) is 0.00647. The molecule has 15 heavy (non-hydrogen) atoms. The van der Waals surface area contributed by atoms with Crippen LogP contribution in [0, 0.1) is 11.3 Å². The number of alkyl halides is 2. The van der Waals surface area contributed by atoms with Gasteiger partial charge < -0.3 is 4.74 Å². The lowest BCUT2D eigenvalue weighted by Gasteiger charge is -2.05. The highest BCUT2D eigenvalue weighted by Gasteiger charge is 2.05. The second-order valence-corrected chi connectivity index (χ2v) is 2.93. The normalized spacial score (nSPS) is 11.3. The van der Waals surface area contributed by atoms with E-state index in [0.717, 1.165) is 6.08 Å². The van der Waals surface area contributed by atoms with Crippen LogP contribution < -0.4 is 4.74 Å². The summed E-state index contributed by atoms with van der Waals surface area (Å²) in [6, 6.07) is 7.57. The minimum absolute atomic E-state index is 0.00647. The fourth-order valence-electron chi connectivity index (χ4n) is 0.961. The van der Waals surface area contributed by atoms with Crippen molar-refractivity contribution in [3.8, 4) is 11.8 Å². The van der Waals surface area contributed by atoms with Gasteiger partial charge in [-0.15, -0.1) is 0 Å². The molecule has 1 aromatic rings. The summed E-state index contributed by atoms with van der Waals surface area (Å²) in [6.45, 7) is -2.88. The van der Waals surface area contributed by atoms with Crippen LogP contribution in [0.25, 0.3) is 5.03 Å². The molecule has 0 bridgehead atoms. The maximum Gasteiger partial charge on any atom is 0.387 e. The Labute approximate surface area is 90.3 Å². The molecular formula is C10H6ClF2NO. The second-order valence-electron chi connectivity index (χ2n) is 2.53. The van der Waals surface area contributed by atoms with Crippen molar-refractivity contribution in [3.63, 3.8) is 0 Å². The molecule has 0 aromatic heterocycles. The summed E-state index contributed by atoms with van der Waals surface area (Å²) in [7, 11) is 0. The van der Waals surface area contributed by atoms with Crippen LogP contribution in [0.15, 0.2) is 30.3 Å². The number of nitrogens with zero attached hydrogens (tertiary/aromatic N) is 1. The van der Waals surface area contributed by atoms with Crippen molar-refractivity contribution in [2.75, 3.05) is 0 Å². The molecular weight excluding hydrogens is 224 g/mol. The highest BCUT2D eigenvalue weighted by Crippen LogP contribution is 2.23. The molecule has 0 saturated carbocycles. The molecule has 1 rings (SSSR count). The van der Waals surface area contributed by atoms with Crippen molar-refractivity contribution in [1.29, 1.82) is 5.26 Å². The summed E-state index contributed by atoms with van der Waals surface area (Å²) in [5, 5.41) is 8.53. The van der Waals surface area contributed by atoms with E-state index < -0.39 is 6.61 Å². The third-order valence-electron chi connectivity index (χ3n) is 1.53. The third kappa shape index (κ3) is 3.56. The Hall–Kier alpha value is -1.60. The molecule has 0 N–H and O–H groups in total. The van der Waals surface area contributed by atoms with Crippen molar-refractivity contribution >= 4 is 16.6 Å². The van der Waals surface area contributed by atoms with E-state index in [-0.39, 0.29) is 10.8 Å².